The monoisotopic (exact) mass is 358 g/mol. The minimum absolute atomic E-state index is 0.0153. The normalized spacial score (nSPS) is 11.4. The fraction of sp³-hybridized carbons (Fsp3) is 0.111. The van der Waals surface area contributed by atoms with Crippen molar-refractivity contribution in [3.8, 4) is 11.1 Å². The fourth-order valence-electron chi connectivity index (χ4n) is 2.48. The number of hydrogen-bond acceptors (Lipinski definition) is 4. The van der Waals surface area contributed by atoms with Gasteiger partial charge < -0.3 is 0 Å². The Hall–Kier alpha value is -2.80. The maximum atomic E-state index is 14.6. The van der Waals surface area contributed by atoms with Crippen molar-refractivity contribution < 1.29 is 17.6 Å². The lowest BCUT2D eigenvalue weighted by Gasteiger charge is -2.10. The molecule has 3 aromatic rings. The van der Waals surface area contributed by atoms with E-state index in [-0.39, 0.29) is 16.9 Å². The van der Waals surface area contributed by atoms with Gasteiger partial charge in [-0.2, -0.15) is 0 Å². The highest BCUT2D eigenvalue weighted by atomic mass is 32.2. The molecule has 128 valence electrons. The summed E-state index contributed by atoms with van der Waals surface area (Å²) >= 11 is 0. The molecule has 1 aromatic heterocycles. The van der Waals surface area contributed by atoms with Gasteiger partial charge in [-0.1, -0.05) is 31.2 Å². The zero-order chi connectivity index (χ0) is 18.0. The first-order valence-electron chi connectivity index (χ1n) is 7.61. The van der Waals surface area contributed by atoms with E-state index in [0.717, 1.165) is 11.5 Å². The van der Waals surface area contributed by atoms with Crippen LogP contribution >= 0.6 is 0 Å². The summed E-state index contributed by atoms with van der Waals surface area (Å²) in [7, 11) is -4.09. The molecule has 1 amide bonds. The van der Waals surface area contributed by atoms with Gasteiger partial charge in [-0.05, 0) is 24.3 Å². The maximum absolute atomic E-state index is 14.6. The van der Waals surface area contributed by atoms with Crippen LogP contribution in [0.15, 0.2) is 59.6 Å². The third-order valence-corrected chi connectivity index (χ3v) is 5.11. The van der Waals surface area contributed by atoms with E-state index in [4.69, 9.17) is 0 Å². The van der Waals surface area contributed by atoms with Crippen LogP contribution in [0.25, 0.3) is 22.0 Å². The molecule has 3 rings (SSSR count). The van der Waals surface area contributed by atoms with Gasteiger partial charge in [0.15, 0.2) is 0 Å². The highest BCUT2D eigenvalue weighted by Crippen LogP contribution is 2.30. The van der Waals surface area contributed by atoms with Gasteiger partial charge in [0.1, 0.15) is 5.82 Å². The smallest absolute Gasteiger partial charge is 0.264 e. The third kappa shape index (κ3) is 3.36. The van der Waals surface area contributed by atoms with E-state index < -0.39 is 21.7 Å². The number of benzene rings is 2. The molecule has 5 nitrogen and oxygen atoms in total. The number of carbonyl (C=O) groups excluding carboxylic acids is 1. The second-order valence-corrected chi connectivity index (χ2v) is 7.09. The predicted molar refractivity (Wildman–Crippen MR) is 92.8 cm³/mol. The highest BCUT2D eigenvalue weighted by molar-refractivity contribution is 7.90. The van der Waals surface area contributed by atoms with Crippen LogP contribution in [0.5, 0.6) is 0 Å². The molecule has 0 unspecified atom stereocenters. The molecule has 1 heterocycles. The van der Waals surface area contributed by atoms with Gasteiger partial charge in [0, 0.05) is 29.1 Å². The summed E-state index contributed by atoms with van der Waals surface area (Å²) in [5, 5.41) is 0.853. The van der Waals surface area contributed by atoms with Crippen LogP contribution in [-0.2, 0) is 14.8 Å². The van der Waals surface area contributed by atoms with Crippen molar-refractivity contribution in [1.82, 2.24) is 9.71 Å². The minimum atomic E-state index is -4.09. The predicted octanol–water partition coefficient (Wildman–Crippen LogP) is 3.26. The molecule has 0 saturated heterocycles. The van der Waals surface area contributed by atoms with Gasteiger partial charge in [0.05, 0.1) is 10.4 Å². The number of para-hydroxylation sites is 1. The lowest BCUT2D eigenvalue weighted by atomic mass is 10.0. The second kappa shape index (κ2) is 6.60. The van der Waals surface area contributed by atoms with Crippen LogP contribution in [0, 0.1) is 5.82 Å². The molecule has 0 radical (unpaired) electrons. The van der Waals surface area contributed by atoms with E-state index in [1.54, 1.807) is 24.4 Å². The fourth-order valence-corrected chi connectivity index (χ4v) is 3.55. The molecular weight excluding hydrogens is 343 g/mol. The second-order valence-electron chi connectivity index (χ2n) is 5.40. The number of sulfonamides is 1. The number of hydrogen-bond donors (Lipinski definition) is 1. The van der Waals surface area contributed by atoms with Crippen molar-refractivity contribution in [1.29, 1.82) is 0 Å². The van der Waals surface area contributed by atoms with Crippen LogP contribution in [-0.4, -0.2) is 19.3 Å². The summed E-state index contributed by atoms with van der Waals surface area (Å²) in [4.78, 5) is 15.3. The average Bonchev–Trinajstić information content (AvgIpc) is 2.61. The average molecular weight is 358 g/mol. The quantitative estimate of drug-likeness (QED) is 0.777. The van der Waals surface area contributed by atoms with Gasteiger partial charge in [-0.25, -0.2) is 17.5 Å². The highest BCUT2D eigenvalue weighted by Gasteiger charge is 2.19. The summed E-state index contributed by atoms with van der Waals surface area (Å²) in [5.41, 5.74) is 1.43. The Balaban J connectivity index is 2.07. The molecule has 0 fully saturated rings. The first kappa shape index (κ1) is 17.0. The molecule has 0 atom stereocenters. The van der Waals surface area contributed by atoms with Crippen molar-refractivity contribution in [2.45, 2.75) is 18.2 Å². The van der Waals surface area contributed by atoms with Crippen molar-refractivity contribution in [2.24, 2.45) is 0 Å². The Labute approximate surface area is 144 Å². The van der Waals surface area contributed by atoms with E-state index >= 15 is 0 Å². The van der Waals surface area contributed by atoms with Gasteiger partial charge in [0.25, 0.3) is 10.0 Å². The van der Waals surface area contributed by atoms with Crippen LogP contribution in [0.3, 0.4) is 0 Å². The SMILES string of the molecule is CCC(=O)NS(=O)(=O)c1ccc(-c2cccc3cccnc23)c(F)c1. The summed E-state index contributed by atoms with van der Waals surface area (Å²) < 4.78 is 40.7. The molecule has 0 bridgehead atoms. The zero-order valence-electron chi connectivity index (χ0n) is 13.4. The molecule has 0 aliphatic rings. The molecule has 2 aromatic carbocycles. The molecule has 0 aliphatic heterocycles. The number of fused-ring (bicyclic) bond motifs is 1. The van der Waals surface area contributed by atoms with Crippen LogP contribution in [0.1, 0.15) is 13.3 Å². The molecule has 25 heavy (non-hydrogen) atoms. The van der Waals surface area contributed by atoms with E-state index in [0.29, 0.717) is 11.1 Å². The number of halogens is 1. The van der Waals surface area contributed by atoms with E-state index in [2.05, 4.69) is 4.98 Å². The number of rotatable bonds is 4. The Morgan fingerprint density at radius 3 is 2.60 bits per heavy atom. The van der Waals surface area contributed by atoms with Gasteiger partial charge in [-0.3, -0.25) is 9.78 Å². The molecule has 0 aliphatic carbocycles. The Morgan fingerprint density at radius 1 is 1.12 bits per heavy atom. The Bertz CT molecular complexity index is 1060. The number of nitrogens with zero attached hydrogens (tertiary/aromatic N) is 1. The van der Waals surface area contributed by atoms with Crippen molar-refractivity contribution in [2.75, 3.05) is 0 Å². The van der Waals surface area contributed by atoms with Crippen LogP contribution < -0.4 is 4.72 Å². The Morgan fingerprint density at radius 2 is 1.88 bits per heavy atom. The molecule has 7 heteroatoms. The van der Waals surface area contributed by atoms with E-state index in [1.165, 1.54) is 19.1 Å². The van der Waals surface area contributed by atoms with Crippen molar-refractivity contribution >= 4 is 26.8 Å². The number of amides is 1. The topological polar surface area (TPSA) is 76.1 Å². The minimum Gasteiger partial charge on any atom is -0.274 e. The molecule has 0 spiro atoms. The summed E-state index contributed by atoms with van der Waals surface area (Å²) in [6, 6.07) is 12.6. The summed E-state index contributed by atoms with van der Waals surface area (Å²) in [6.45, 7) is 1.53. The lowest BCUT2D eigenvalue weighted by Crippen LogP contribution is -2.29. The summed E-state index contributed by atoms with van der Waals surface area (Å²) in [5.74, 6) is -1.35. The van der Waals surface area contributed by atoms with Gasteiger partial charge in [0.2, 0.25) is 5.91 Å². The van der Waals surface area contributed by atoms with E-state index in [1.807, 2.05) is 16.9 Å². The van der Waals surface area contributed by atoms with Crippen molar-refractivity contribution in [3.63, 3.8) is 0 Å². The van der Waals surface area contributed by atoms with Gasteiger partial charge in [-0.15, -0.1) is 0 Å². The Kier molecular flexibility index (Phi) is 4.50. The maximum Gasteiger partial charge on any atom is 0.264 e. The largest absolute Gasteiger partial charge is 0.274 e. The molecular formula is C18H15FN2O3S. The number of pyridine rings is 1. The first-order valence-corrected chi connectivity index (χ1v) is 9.10. The van der Waals surface area contributed by atoms with Crippen LogP contribution in [0.2, 0.25) is 0 Å². The van der Waals surface area contributed by atoms with Gasteiger partial charge >= 0.3 is 0 Å². The third-order valence-electron chi connectivity index (χ3n) is 3.74. The molecule has 0 saturated carbocycles. The first-order chi connectivity index (χ1) is 11.9. The number of aromatic nitrogens is 1. The van der Waals surface area contributed by atoms with E-state index in [9.17, 15) is 17.6 Å². The van der Waals surface area contributed by atoms with Crippen molar-refractivity contribution in [3.05, 3.63) is 60.5 Å². The van der Waals surface area contributed by atoms with Crippen LogP contribution in [0.4, 0.5) is 4.39 Å². The standard InChI is InChI=1S/C18H15FN2O3S/c1-2-17(22)21-25(23,24)13-8-9-14(16(19)11-13)15-7-3-5-12-6-4-10-20-18(12)15/h3-11H,2H2,1H3,(H,21,22). The lowest BCUT2D eigenvalue weighted by molar-refractivity contribution is -0.119. The zero-order valence-corrected chi connectivity index (χ0v) is 14.2. The number of nitrogens with one attached hydrogen (secondary N) is 1. The molecule has 1 N–H and O–H groups in total. The summed E-state index contributed by atoms with van der Waals surface area (Å²) in [6.07, 6.45) is 1.63. The number of carbonyl (C=O) groups is 1.